The highest BCUT2D eigenvalue weighted by Gasteiger charge is 2.30. The molecule has 2 aromatic carbocycles. The fraction of sp³-hybridized carbons (Fsp3) is 0.100. The molecule has 1 N–H and O–H groups in total. The van der Waals surface area contributed by atoms with E-state index >= 15 is 0 Å². The van der Waals surface area contributed by atoms with E-state index in [0.29, 0.717) is 29.0 Å². The van der Waals surface area contributed by atoms with Crippen LogP contribution in [0.15, 0.2) is 66.9 Å². The van der Waals surface area contributed by atoms with E-state index in [1.807, 2.05) is 42.5 Å². The Kier molecular flexibility index (Phi) is 5.71. The van der Waals surface area contributed by atoms with Crippen LogP contribution in [0.1, 0.15) is 11.1 Å². The average molecular weight is 385 g/mol. The number of halogens is 1. The van der Waals surface area contributed by atoms with Gasteiger partial charge in [-0.1, -0.05) is 54.6 Å². The summed E-state index contributed by atoms with van der Waals surface area (Å²) >= 11 is 11.5. The van der Waals surface area contributed by atoms with E-state index in [2.05, 4.69) is 11.9 Å². The molecule has 0 spiro atoms. The number of nitrogens with one attached hydrogen (secondary N) is 1. The van der Waals surface area contributed by atoms with Crippen molar-refractivity contribution in [2.75, 3.05) is 6.61 Å². The van der Waals surface area contributed by atoms with Gasteiger partial charge >= 0.3 is 0 Å². The second-order valence-corrected chi connectivity index (χ2v) is 6.43. The summed E-state index contributed by atoms with van der Waals surface area (Å²) in [6, 6.07) is 14.8. The quantitative estimate of drug-likeness (QED) is 0.461. The number of carbonyl (C=O) groups excluding carboxylic acids is 1. The van der Waals surface area contributed by atoms with Crippen molar-refractivity contribution in [2.24, 2.45) is 0 Å². The first kappa shape index (κ1) is 18.2. The van der Waals surface area contributed by atoms with Crippen LogP contribution in [0, 0.1) is 0 Å². The molecule has 1 amide bonds. The number of hydrogen-bond donors (Lipinski definition) is 1. The average Bonchev–Trinajstić information content (AvgIpc) is 2.90. The van der Waals surface area contributed by atoms with E-state index in [0.717, 1.165) is 16.9 Å². The summed E-state index contributed by atoms with van der Waals surface area (Å²) in [5.41, 5.74) is 2.15. The van der Waals surface area contributed by atoms with Gasteiger partial charge in [-0.15, -0.1) is 0 Å². The lowest BCUT2D eigenvalue weighted by atomic mass is 10.1. The Morgan fingerprint density at radius 3 is 2.62 bits per heavy atom. The molecular weight excluding hydrogens is 368 g/mol. The van der Waals surface area contributed by atoms with Gasteiger partial charge in [0.25, 0.3) is 5.91 Å². The van der Waals surface area contributed by atoms with E-state index < -0.39 is 0 Å². The highest BCUT2D eigenvalue weighted by Crippen LogP contribution is 2.22. The van der Waals surface area contributed by atoms with E-state index in [9.17, 15) is 4.79 Å². The Labute approximate surface area is 162 Å². The zero-order valence-corrected chi connectivity index (χ0v) is 15.5. The fourth-order valence-corrected chi connectivity index (χ4v) is 2.95. The number of hydrogen-bond acceptors (Lipinski definition) is 3. The first-order chi connectivity index (χ1) is 12.6. The molecule has 6 heteroatoms. The molecule has 0 saturated carbocycles. The number of nitrogens with zero attached hydrogens (tertiary/aromatic N) is 1. The Morgan fingerprint density at radius 2 is 1.92 bits per heavy atom. The minimum Gasteiger partial charge on any atom is -0.490 e. The van der Waals surface area contributed by atoms with Gasteiger partial charge in [0.05, 0.1) is 6.54 Å². The summed E-state index contributed by atoms with van der Waals surface area (Å²) in [6.07, 6.45) is 3.45. The van der Waals surface area contributed by atoms with Gasteiger partial charge in [0.15, 0.2) is 5.11 Å². The number of carbonyl (C=O) groups is 1. The predicted molar refractivity (Wildman–Crippen MR) is 108 cm³/mol. The Balaban J connectivity index is 1.74. The Hall–Kier alpha value is -2.63. The van der Waals surface area contributed by atoms with Gasteiger partial charge in [-0.2, -0.15) is 0 Å². The molecule has 3 rings (SSSR count). The number of benzene rings is 2. The van der Waals surface area contributed by atoms with Gasteiger partial charge in [0, 0.05) is 5.02 Å². The van der Waals surface area contributed by atoms with E-state index in [1.54, 1.807) is 18.2 Å². The van der Waals surface area contributed by atoms with Crippen molar-refractivity contribution >= 4 is 40.9 Å². The van der Waals surface area contributed by atoms with Crippen molar-refractivity contribution in [1.82, 2.24) is 10.2 Å². The molecule has 0 atom stereocenters. The molecule has 0 aliphatic carbocycles. The second-order valence-electron chi connectivity index (χ2n) is 5.64. The summed E-state index contributed by atoms with van der Waals surface area (Å²) in [7, 11) is 0. The highest BCUT2D eigenvalue weighted by atomic mass is 35.5. The molecule has 1 saturated heterocycles. The zero-order chi connectivity index (χ0) is 18.5. The van der Waals surface area contributed by atoms with Gasteiger partial charge in [0.1, 0.15) is 18.1 Å². The standard InChI is InChI=1S/C20H17ClN2O2S/c1-2-11-25-16-9-7-14(8-10-16)12-18-19(24)23(20(26)22-18)13-15-5-3-4-6-17(15)21/h2-10,12H,1,11,13H2,(H,22,26)/b18-12+. The third-order valence-corrected chi connectivity index (χ3v) is 4.50. The number of rotatable bonds is 6. The van der Waals surface area contributed by atoms with Gasteiger partial charge in [-0.3, -0.25) is 9.69 Å². The maximum atomic E-state index is 12.7. The minimum atomic E-state index is -0.179. The van der Waals surface area contributed by atoms with Crippen LogP contribution in [-0.4, -0.2) is 22.5 Å². The van der Waals surface area contributed by atoms with E-state index in [4.69, 9.17) is 28.6 Å². The largest absolute Gasteiger partial charge is 0.490 e. The molecule has 0 bridgehead atoms. The normalized spacial score (nSPS) is 15.3. The molecule has 0 radical (unpaired) electrons. The van der Waals surface area contributed by atoms with Crippen LogP contribution in [0.4, 0.5) is 0 Å². The fourth-order valence-electron chi connectivity index (χ4n) is 2.49. The number of ether oxygens (including phenoxy) is 1. The molecule has 1 aliphatic rings. The van der Waals surface area contributed by atoms with Crippen LogP contribution in [0.5, 0.6) is 5.75 Å². The first-order valence-electron chi connectivity index (χ1n) is 8.00. The van der Waals surface area contributed by atoms with Gasteiger partial charge in [-0.25, -0.2) is 0 Å². The van der Waals surface area contributed by atoms with Gasteiger partial charge < -0.3 is 10.1 Å². The lowest BCUT2D eigenvalue weighted by Gasteiger charge is -2.14. The van der Waals surface area contributed by atoms with Crippen molar-refractivity contribution in [1.29, 1.82) is 0 Å². The minimum absolute atomic E-state index is 0.179. The summed E-state index contributed by atoms with van der Waals surface area (Å²) in [5.74, 6) is 0.565. The Morgan fingerprint density at radius 1 is 1.19 bits per heavy atom. The number of thiocarbonyl (C=S) groups is 1. The molecule has 26 heavy (non-hydrogen) atoms. The third kappa shape index (κ3) is 4.12. The molecule has 1 heterocycles. The summed E-state index contributed by atoms with van der Waals surface area (Å²) in [6.45, 7) is 4.39. The van der Waals surface area contributed by atoms with E-state index in [1.165, 1.54) is 4.90 Å². The van der Waals surface area contributed by atoms with Crippen LogP contribution in [0.3, 0.4) is 0 Å². The highest BCUT2D eigenvalue weighted by molar-refractivity contribution is 7.80. The summed E-state index contributed by atoms with van der Waals surface area (Å²) in [5, 5.41) is 3.95. The van der Waals surface area contributed by atoms with Crippen LogP contribution >= 0.6 is 23.8 Å². The zero-order valence-electron chi connectivity index (χ0n) is 13.9. The van der Waals surface area contributed by atoms with Crippen molar-refractivity contribution in [3.63, 3.8) is 0 Å². The third-order valence-electron chi connectivity index (χ3n) is 3.81. The topological polar surface area (TPSA) is 41.6 Å². The number of amides is 1. The molecule has 132 valence electrons. The molecule has 2 aromatic rings. The van der Waals surface area contributed by atoms with Gasteiger partial charge in [-0.05, 0) is 47.6 Å². The molecule has 0 unspecified atom stereocenters. The van der Waals surface area contributed by atoms with E-state index in [-0.39, 0.29) is 5.91 Å². The SMILES string of the molecule is C=CCOc1ccc(/C=C2/NC(=S)N(Cc3ccccc3Cl)C2=O)cc1. The Bertz CT molecular complexity index is 878. The van der Waals surface area contributed by atoms with Crippen LogP contribution in [0.2, 0.25) is 5.02 Å². The van der Waals surface area contributed by atoms with Gasteiger partial charge in [0.2, 0.25) is 0 Å². The second kappa shape index (κ2) is 8.17. The van der Waals surface area contributed by atoms with Crippen LogP contribution in [0.25, 0.3) is 6.08 Å². The maximum absolute atomic E-state index is 12.7. The van der Waals surface area contributed by atoms with Crippen molar-refractivity contribution in [3.8, 4) is 5.75 Å². The molecule has 1 fully saturated rings. The summed E-state index contributed by atoms with van der Waals surface area (Å²) < 4.78 is 5.45. The molecule has 0 aromatic heterocycles. The molecule has 4 nitrogen and oxygen atoms in total. The monoisotopic (exact) mass is 384 g/mol. The maximum Gasteiger partial charge on any atom is 0.276 e. The smallest absolute Gasteiger partial charge is 0.276 e. The summed E-state index contributed by atoms with van der Waals surface area (Å²) in [4.78, 5) is 14.2. The molecular formula is C20H17ClN2O2S. The van der Waals surface area contributed by atoms with Crippen molar-refractivity contribution in [3.05, 3.63) is 83.0 Å². The first-order valence-corrected chi connectivity index (χ1v) is 8.79. The predicted octanol–water partition coefficient (Wildman–Crippen LogP) is 4.16. The van der Waals surface area contributed by atoms with Crippen molar-refractivity contribution < 1.29 is 9.53 Å². The lowest BCUT2D eigenvalue weighted by Crippen LogP contribution is -2.30. The van der Waals surface area contributed by atoms with Crippen molar-refractivity contribution in [2.45, 2.75) is 6.54 Å². The van der Waals surface area contributed by atoms with Crippen LogP contribution < -0.4 is 10.1 Å². The van der Waals surface area contributed by atoms with Crippen LogP contribution in [-0.2, 0) is 11.3 Å². The lowest BCUT2D eigenvalue weighted by molar-refractivity contribution is -0.122. The molecule has 1 aliphatic heterocycles.